The molecule has 0 bridgehead atoms. The molecular weight excluding hydrogens is 412 g/mol. The van der Waals surface area contributed by atoms with Crippen molar-refractivity contribution in [2.24, 2.45) is 0 Å². The first-order chi connectivity index (χ1) is 15.6. The van der Waals surface area contributed by atoms with Crippen LogP contribution in [0.25, 0.3) is 11.1 Å². The third kappa shape index (κ3) is 4.51. The molecule has 1 aliphatic carbocycles. The number of hydrogen-bond donors (Lipinski definition) is 1. The van der Waals surface area contributed by atoms with Gasteiger partial charge in [-0.2, -0.15) is 5.48 Å². The van der Waals surface area contributed by atoms with Crippen LogP contribution in [0.1, 0.15) is 17.0 Å². The Morgan fingerprint density at radius 3 is 2.19 bits per heavy atom. The number of non-ortho nitro benzene ring substituents is 1. The van der Waals surface area contributed by atoms with Gasteiger partial charge in [0.25, 0.3) is 5.69 Å². The minimum Gasteiger partial charge on any atom is -0.409 e. The Balaban J connectivity index is 1.33. The Kier molecular flexibility index (Phi) is 6.25. The maximum Gasteiger partial charge on any atom is 0.515 e. The molecule has 3 aromatic carbocycles. The largest absolute Gasteiger partial charge is 0.515 e. The fraction of sp³-hybridized carbons (Fsp3) is 0.125. The molecule has 0 saturated carbocycles. The molecule has 0 heterocycles. The number of hydrogen-bond acceptors (Lipinski definition) is 7. The number of benzene rings is 3. The molecule has 1 N–H and O–H groups in total. The van der Waals surface area contributed by atoms with E-state index in [1.165, 1.54) is 52.6 Å². The molecule has 0 radical (unpaired) electrons. The van der Waals surface area contributed by atoms with E-state index in [1.54, 1.807) is 0 Å². The molecule has 4 rings (SSSR count). The summed E-state index contributed by atoms with van der Waals surface area (Å²) in [6, 6.07) is 21.4. The van der Waals surface area contributed by atoms with Gasteiger partial charge in [-0.15, -0.1) is 0 Å². The first kappa shape index (κ1) is 21.2. The van der Waals surface area contributed by atoms with E-state index in [2.05, 4.69) is 36.3 Å². The van der Waals surface area contributed by atoms with Gasteiger partial charge in [0, 0.05) is 18.1 Å². The predicted octanol–water partition coefficient (Wildman–Crippen LogP) is 4.96. The van der Waals surface area contributed by atoms with Crippen LogP contribution < -0.4 is 10.2 Å². The van der Waals surface area contributed by atoms with Crippen molar-refractivity contribution in [2.75, 3.05) is 6.61 Å². The standard InChI is InChI=1S/C24H20N2O6/c1-2-23(32-24(27)31-17-13-11-16(12-14-17)26(28)29)25-30-15-22-20-9-5-3-7-18(20)19-8-4-6-10-21(19)22/h2-14,22-23,25H,1,15H2. The summed E-state index contributed by atoms with van der Waals surface area (Å²) < 4.78 is 10.2. The van der Waals surface area contributed by atoms with E-state index in [1.807, 2.05) is 24.3 Å². The number of hydroxylamine groups is 1. The third-order valence-corrected chi connectivity index (χ3v) is 5.10. The lowest BCUT2D eigenvalue weighted by Crippen LogP contribution is -2.34. The van der Waals surface area contributed by atoms with E-state index in [0.717, 1.165) is 0 Å². The van der Waals surface area contributed by atoms with Crippen molar-refractivity contribution >= 4 is 11.8 Å². The Labute approximate surface area is 184 Å². The lowest BCUT2D eigenvalue weighted by atomic mass is 9.98. The van der Waals surface area contributed by atoms with Crippen molar-refractivity contribution in [2.45, 2.75) is 12.1 Å². The summed E-state index contributed by atoms with van der Waals surface area (Å²) in [5.74, 6) is 0.149. The van der Waals surface area contributed by atoms with E-state index < -0.39 is 17.3 Å². The number of carbonyl (C=O) groups is 1. The molecule has 0 aromatic heterocycles. The zero-order chi connectivity index (χ0) is 22.5. The minimum absolute atomic E-state index is 0.0347. The molecule has 1 unspecified atom stereocenters. The van der Waals surface area contributed by atoms with E-state index in [9.17, 15) is 14.9 Å². The number of nitrogens with zero attached hydrogens (tertiary/aromatic N) is 1. The fourth-order valence-electron chi connectivity index (χ4n) is 3.63. The van der Waals surface area contributed by atoms with Gasteiger partial charge >= 0.3 is 6.16 Å². The van der Waals surface area contributed by atoms with Crippen molar-refractivity contribution in [1.82, 2.24) is 5.48 Å². The summed E-state index contributed by atoms with van der Waals surface area (Å²) in [4.78, 5) is 27.8. The molecule has 0 fully saturated rings. The Morgan fingerprint density at radius 1 is 1.03 bits per heavy atom. The SMILES string of the molecule is C=CC(NOCC1c2ccccc2-c2ccccc21)OC(=O)Oc1ccc([N+](=O)[O-])cc1. The topological polar surface area (TPSA) is 99.9 Å². The third-order valence-electron chi connectivity index (χ3n) is 5.10. The number of nitrogens with one attached hydrogen (secondary N) is 1. The van der Waals surface area contributed by atoms with Gasteiger partial charge in [-0.3, -0.25) is 15.0 Å². The van der Waals surface area contributed by atoms with Crippen LogP contribution in [-0.4, -0.2) is 23.9 Å². The minimum atomic E-state index is -1.00. The summed E-state index contributed by atoms with van der Waals surface area (Å²) >= 11 is 0. The van der Waals surface area contributed by atoms with Crippen LogP contribution in [0.15, 0.2) is 85.5 Å². The predicted molar refractivity (Wildman–Crippen MR) is 117 cm³/mol. The van der Waals surface area contributed by atoms with Gasteiger partial charge in [-0.1, -0.05) is 55.1 Å². The van der Waals surface area contributed by atoms with E-state index in [0.29, 0.717) is 6.61 Å². The second-order valence-electron chi connectivity index (χ2n) is 7.03. The average molecular weight is 432 g/mol. The Bertz CT molecular complexity index is 1100. The maximum atomic E-state index is 12.0. The molecule has 162 valence electrons. The molecule has 8 heteroatoms. The van der Waals surface area contributed by atoms with Crippen LogP contribution in [0.2, 0.25) is 0 Å². The van der Waals surface area contributed by atoms with Crippen LogP contribution in [0.5, 0.6) is 5.75 Å². The zero-order valence-corrected chi connectivity index (χ0v) is 17.0. The second kappa shape index (κ2) is 9.42. The van der Waals surface area contributed by atoms with Gasteiger partial charge in [0.15, 0.2) is 6.23 Å². The number of fused-ring (bicyclic) bond motifs is 3. The molecular formula is C24H20N2O6. The molecule has 1 atom stereocenters. The Morgan fingerprint density at radius 2 is 1.62 bits per heavy atom. The molecule has 3 aromatic rings. The lowest BCUT2D eigenvalue weighted by molar-refractivity contribution is -0.384. The summed E-state index contributed by atoms with van der Waals surface area (Å²) in [6.07, 6.45) is -0.600. The number of ether oxygens (including phenoxy) is 2. The summed E-state index contributed by atoms with van der Waals surface area (Å²) in [5.41, 5.74) is 7.26. The van der Waals surface area contributed by atoms with E-state index >= 15 is 0 Å². The zero-order valence-electron chi connectivity index (χ0n) is 17.0. The number of carbonyl (C=O) groups excluding carboxylic acids is 1. The molecule has 8 nitrogen and oxygen atoms in total. The van der Waals surface area contributed by atoms with Crippen molar-refractivity contribution in [3.63, 3.8) is 0 Å². The highest BCUT2D eigenvalue weighted by Gasteiger charge is 2.28. The molecule has 0 amide bonds. The summed E-state index contributed by atoms with van der Waals surface area (Å²) in [7, 11) is 0. The van der Waals surface area contributed by atoms with Crippen molar-refractivity contribution in [1.29, 1.82) is 0 Å². The maximum absolute atomic E-state index is 12.0. The van der Waals surface area contributed by atoms with E-state index in [4.69, 9.17) is 14.3 Å². The number of nitro benzene ring substituents is 1. The highest BCUT2D eigenvalue weighted by Crippen LogP contribution is 2.44. The Hall–Kier alpha value is -4.01. The summed E-state index contributed by atoms with van der Waals surface area (Å²) in [5, 5.41) is 10.7. The monoisotopic (exact) mass is 432 g/mol. The normalized spacial score (nSPS) is 13.0. The molecule has 0 saturated heterocycles. The molecule has 0 aliphatic heterocycles. The first-order valence-corrected chi connectivity index (χ1v) is 9.88. The van der Waals surface area contributed by atoms with Crippen LogP contribution in [0.4, 0.5) is 10.5 Å². The lowest BCUT2D eigenvalue weighted by Gasteiger charge is -2.18. The van der Waals surface area contributed by atoms with Crippen LogP contribution in [-0.2, 0) is 9.57 Å². The smallest absolute Gasteiger partial charge is 0.409 e. The van der Waals surface area contributed by atoms with Gasteiger partial charge in [-0.05, 0) is 40.5 Å². The highest BCUT2D eigenvalue weighted by molar-refractivity contribution is 5.78. The second-order valence-corrected chi connectivity index (χ2v) is 7.03. The van der Waals surface area contributed by atoms with Gasteiger partial charge in [0.1, 0.15) is 5.75 Å². The molecule has 32 heavy (non-hydrogen) atoms. The molecule has 0 spiro atoms. The van der Waals surface area contributed by atoms with Gasteiger partial charge in [0.2, 0.25) is 0 Å². The van der Waals surface area contributed by atoms with Crippen LogP contribution in [0.3, 0.4) is 0 Å². The molecule has 1 aliphatic rings. The van der Waals surface area contributed by atoms with Gasteiger partial charge in [-0.25, -0.2) is 4.79 Å². The average Bonchev–Trinajstić information content (AvgIpc) is 3.12. The summed E-state index contributed by atoms with van der Waals surface area (Å²) in [6.45, 7) is 3.94. The number of rotatable bonds is 8. The van der Waals surface area contributed by atoms with Crippen molar-refractivity contribution in [3.05, 3.63) is 107 Å². The fourth-order valence-corrected chi connectivity index (χ4v) is 3.63. The number of nitro groups is 1. The van der Waals surface area contributed by atoms with Gasteiger partial charge in [0.05, 0.1) is 11.5 Å². The first-order valence-electron chi connectivity index (χ1n) is 9.88. The van der Waals surface area contributed by atoms with Crippen LogP contribution >= 0.6 is 0 Å². The quantitative estimate of drug-likeness (QED) is 0.134. The van der Waals surface area contributed by atoms with Crippen molar-refractivity contribution in [3.8, 4) is 16.9 Å². The van der Waals surface area contributed by atoms with Crippen LogP contribution in [0, 0.1) is 10.1 Å². The van der Waals surface area contributed by atoms with Gasteiger partial charge < -0.3 is 9.47 Å². The highest BCUT2D eigenvalue weighted by atomic mass is 16.8. The van der Waals surface area contributed by atoms with Crippen molar-refractivity contribution < 1.29 is 24.0 Å². The van der Waals surface area contributed by atoms with E-state index in [-0.39, 0.29) is 17.4 Å².